The minimum atomic E-state index is -1.84. The highest BCUT2D eigenvalue weighted by molar-refractivity contribution is 6.24. The molecular formula is C15H8O10. The summed E-state index contributed by atoms with van der Waals surface area (Å²) in [6, 6.07) is 2.08. The fourth-order valence-corrected chi connectivity index (χ4v) is 2.48. The minimum Gasteiger partial charge on any atom is -0.478 e. The Kier molecular flexibility index (Phi) is 4.12. The van der Waals surface area contributed by atoms with Crippen LogP contribution < -0.4 is 0 Å². The van der Waals surface area contributed by atoms with Gasteiger partial charge in [-0.3, -0.25) is 0 Å². The van der Waals surface area contributed by atoms with Crippen molar-refractivity contribution in [2.45, 2.75) is 0 Å². The molecule has 0 unspecified atom stereocenters. The minimum absolute atomic E-state index is 0.495. The topological polar surface area (TPSA) is 186 Å². The molecule has 0 fully saturated rings. The number of carboxylic acids is 5. The zero-order chi connectivity index (χ0) is 19.0. The second-order valence-electron chi connectivity index (χ2n) is 4.78. The highest BCUT2D eigenvalue weighted by Gasteiger charge is 2.30. The molecule has 5 N–H and O–H groups in total. The van der Waals surface area contributed by atoms with Crippen LogP contribution in [0.4, 0.5) is 0 Å². The van der Waals surface area contributed by atoms with Crippen molar-refractivity contribution in [3.8, 4) is 0 Å². The predicted molar refractivity (Wildman–Crippen MR) is 78.7 cm³/mol. The molecule has 0 aliphatic carbocycles. The monoisotopic (exact) mass is 348 g/mol. The SMILES string of the molecule is O=C(O)c1cc(C(=O)O)c2c(C(=O)O)ccc(C(=O)O)c2c1C(=O)O. The first-order valence-corrected chi connectivity index (χ1v) is 6.38. The Bertz CT molecular complexity index is 986. The molecule has 25 heavy (non-hydrogen) atoms. The highest BCUT2D eigenvalue weighted by atomic mass is 16.4. The summed E-state index contributed by atoms with van der Waals surface area (Å²) in [4.78, 5) is 57.1. The number of carbonyl (C=O) groups is 5. The van der Waals surface area contributed by atoms with E-state index in [1.54, 1.807) is 0 Å². The maximum Gasteiger partial charge on any atom is 0.337 e. The fraction of sp³-hybridized carbons (Fsp3) is 0. The molecular weight excluding hydrogens is 340 g/mol. The van der Waals surface area contributed by atoms with Crippen molar-refractivity contribution in [3.63, 3.8) is 0 Å². The average molecular weight is 348 g/mol. The van der Waals surface area contributed by atoms with Crippen LogP contribution >= 0.6 is 0 Å². The second kappa shape index (κ2) is 5.92. The molecule has 2 aromatic rings. The number of fused-ring (bicyclic) bond motifs is 1. The number of benzene rings is 2. The van der Waals surface area contributed by atoms with E-state index in [0.29, 0.717) is 6.07 Å². The van der Waals surface area contributed by atoms with Crippen molar-refractivity contribution in [2.24, 2.45) is 0 Å². The first-order valence-electron chi connectivity index (χ1n) is 6.38. The van der Waals surface area contributed by atoms with Gasteiger partial charge in [0.05, 0.1) is 27.8 Å². The van der Waals surface area contributed by atoms with Gasteiger partial charge in [-0.25, -0.2) is 24.0 Å². The molecule has 0 aromatic heterocycles. The Morgan fingerprint density at radius 3 is 1.28 bits per heavy atom. The summed E-state index contributed by atoms with van der Waals surface area (Å²) in [6.07, 6.45) is 0. The normalized spacial score (nSPS) is 10.4. The number of hydrogen-bond acceptors (Lipinski definition) is 5. The number of hydrogen-bond donors (Lipinski definition) is 5. The van der Waals surface area contributed by atoms with Gasteiger partial charge < -0.3 is 25.5 Å². The third kappa shape index (κ3) is 2.72. The number of rotatable bonds is 5. The molecule has 0 bridgehead atoms. The van der Waals surface area contributed by atoms with Crippen molar-refractivity contribution < 1.29 is 49.5 Å². The van der Waals surface area contributed by atoms with Crippen LogP contribution in [0.2, 0.25) is 0 Å². The first kappa shape index (κ1) is 17.4. The highest BCUT2D eigenvalue weighted by Crippen LogP contribution is 2.33. The Labute approximate surface area is 137 Å². The van der Waals surface area contributed by atoms with Gasteiger partial charge in [-0.1, -0.05) is 0 Å². The Morgan fingerprint density at radius 1 is 0.520 bits per heavy atom. The van der Waals surface area contributed by atoms with Crippen LogP contribution in [0.1, 0.15) is 51.8 Å². The summed E-state index contributed by atoms with van der Waals surface area (Å²) in [7, 11) is 0. The molecule has 2 aromatic carbocycles. The predicted octanol–water partition coefficient (Wildman–Crippen LogP) is 1.33. The third-order valence-corrected chi connectivity index (χ3v) is 3.42. The van der Waals surface area contributed by atoms with Gasteiger partial charge >= 0.3 is 29.8 Å². The molecule has 0 spiro atoms. The van der Waals surface area contributed by atoms with E-state index in [1.807, 2.05) is 0 Å². The lowest BCUT2D eigenvalue weighted by Gasteiger charge is -2.14. The fourth-order valence-electron chi connectivity index (χ4n) is 2.48. The smallest absolute Gasteiger partial charge is 0.337 e. The first-order chi connectivity index (χ1) is 11.6. The maximum absolute atomic E-state index is 11.5. The lowest BCUT2D eigenvalue weighted by Crippen LogP contribution is -2.16. The summed E-state index contributed by atoms with van der Waals surface area (Å²) in [6.45, 7) is 0. The standard InChI is InChI=1S/C15H8O10/c16-11(17)4-1-2-5(12(18)19)9-8(4)6(13(20)21)3-7(14(22)23)10(9)15(24)25/h1-3H,(H,16,17)(H,18,19)(H,20,21)(H,22,23)(H,24,25). The molecule has 0 atom stereocenters. The van der Waals surface area contributed by atoms with Gasteiger partial charge in [0.1, 0.15) is 0 Å². The van der Waals surface area contributed by atoms with E-state index in [1.165, 1.54) is 0 Å². The van der Waals surface area contributed by atoms with Gasteiger partial charge in [0.15, 0.2) is 0 Å². The molecule has 10 heteroatoms. The molecule has 0 saturated heterocycles. The summed E-state index contributed by atoms with van der Waals surface area (Å²) in [5, 5.41) is 44.8. The molecule has 128 valence electrons. The van der Waals surface area contributed by atoms with Gasteiger partial charge in [-0.05, 0) is 18.2 Å². The second-order valence-corrected chi connectivity index (χ2v) is 4.78. The van der Waals surface area contributed by atoms with E-state index >= 15 is 0 Å². The van der Waals surface area contributed by atoms with E-state index in [2.05, 4.69) is 0 Å². The third-order valence-electron chi connectivity index (χ3n) is 3.42. The van der Waals surface area contributed by atoms with Crippen LogP contribution in [0.3, 0.4) is 0 Å². The Morgan fingerprint density at radius 2 is 0.920 bits per heavy atom. The summed E-state index contributed by atoms with van der Waals surface area (Å²) in [5.74, 6) is -8.70. The van der Waals surface area contributed by atoms with Crippen molar-refractivity contribution in [1.82, 2.24) is 0 Å². The van der Waals surface area contributed by atoms with Gasteiger partial charge in [0, 0.05) is 10.8 Å². The Hall–Kier alpha value is -3.95. The maximum atomic E-state index is 11.5. The zero-order valence-electron chi connectivity index (χ0n) is 12.0. The van der Waals surface area contributed by atoms with Crippen LogP contribution in [0.15, 0.2) is 18.2 Å². The van der Waals surface area contributed by atoms with Crippen LogP contribution in [0, 0.1) is 0 Å². The van der Waals surface area contributed by atoms with Crippen molar-refractivity contribution in [2.75, 3.05) is 0 Å². The van der Waals surface area contributed by atoms with E-state index < -0.39 is 68.4 Å². The van der Waals surface area contributed by atoms with Gasteiger partial charge in [0.2, 0.25) is 0 Å². The number of aromatic carboxylic acids is 5. The molecule has 10 nitrogen and oxygen atoms in total. The quantitative estimate of drug-likeness (QED) is 0.527. The van der Waals surface area contributed by atoms with Gasteiger partial charge in [0.25, 0.3) is 0 Å². The number of carboxylic acid groups (broad SMARTS) is 5. The Balaban J connectivity index is 3.33. The van der Waals surface area contributed by atoms with E-state index in [9.17, 15) is 44.4 Å². The largest absolute Gasteiger partial charge is 0.478 e. The van der Waals surface area contributed by atoms with Crippen molar-refractivity contribution in [3.05, 3.63) is 46.0 Å². The lowest BCUT2D eigenvalue weighted by atomic mass is 9.88. The molecule has 0 aliphatic heterocycles. The van der Waals surface area contributed by atoms with Gasteiger partial charge in [-0.15, -0.1) is 0 Å². The van der Waals surface area contributed by atoms with Crippen LogP contribution in [0.5, 0.6) is 0 Å². The molecule has 0 radical (unpaired) electrons. The van der Waals surface area contributed by atoms with E-state index in [4.69, 9.17) is 5.11 Å². The lowest BCUT2D eigenvalue weighted by molar-refractivity contribution is 0.0649. The molecule has 0 aliphatic rings. The average Bonchev–Trinajstić information content (AvgIpc) is 2.50. The van der Waals surface area contributed by atoms with Crippen LogP contribution in [-0.2, 0) is 0 Å². The van der Waals surface area contributed by atoms with Crippen molar-refractivity contribution >= 4 is 40.6 Å². The van der Waals surface area contributed by atoms with E-state index in [-0.39, 0.29) is 0 Å². The molecule has 0 amide bonds. The van der Waals surface area contributed by atoms with Crippen LogP contribution in [0.25, 0.3) is 10.8 Å². The van der Waals surface area contributed by atoms with Crippen molar-refractivity contribution in [1.29, 1.82) is 0 Å². The van der Waals surface area contributed by atoms with Gasteiger partial charge in [-0.2, -0.15) is 0 Å². The summed E-state index contributed by atoms with van der Waals surface area (Å²) >= 11 is 0. The zero-order valence-corrected chi connectivity index (χ0v) is 12.0. The molecule has 0 saturated carbocycles. The summed E-state index contributed by atoms with van der Waals surface area (Å²) in [5.41, 5.74) is -4.21. The molecule has 2 rings (SSSR count). The van der Waals surface area contributed by atoms with E-state index in [0.717, 1.165) is 12.1 Å². The molecule has 0 heterocycles. The van der Waals surface area contributed by atoms with Crippen LogP contribution in [-0.4, -0.2) is 55.4 Å². The summed E-state index contributed by atoms with van der Waals surface area (Å²) < 4.78 is 0.